The molecule has 0 spiro atoms. The van der Waals surface area contributed by atoms with Crippen molar-refractivity contribution in [2.75, 3.05) is 28.8 Å². The van der Waals surface area contributed by atoms with Gasteiger partial charge < -0.3 is 10.1 Å². The number of carbonyl (C=O) groups excluding carboxylic acids is 1. The number of nitrogens with one attached hydrogen (secondary N) is 1. The Kier molecular flexibility index (Phi) is 5.33. The van der Waals surface area contributed by atoms with Crippen LogP contribution in [0.15, 0.2) is 48.5 Å². The molecule has 0 aliphatic carbocycles. The fraction of sp³-hybridized carbons (Fsp3) is 0.304. The van der Waals surface area contributed by atoms with E-state index in [9.17, 15) is 13.2 Å². The minimum atomic E-state index is -3.12. The molecule has 2 atom stereocenters. The van der Waals surface area contributed by atoms with E-state index in [0.717, 1.165) is 0 Å². The molecule has 1 aromatic heterocycles. The van der Waals surface area contributed by atoms with E-state index in [1.165, 1.54) is 0 Å². The van der Waals surface area contributed by atoms with Crippen LogP contribution in [-0.2, 0) is 9.84 Å². The third-order valence-electron chi connectivity index (χ3n) is 6.17. The number of ether oxygens (including phenoxy) is 1. The predicted molar refractivity (Wildman–Crippen MR) is 127 cm³/mol. The number of aryl methyl sites for hydroxylation is 1. The maximum atomic E-state index is 13.7. The summed E-state index contributed by atoms with van der Waals surface area (Å²) < 4.78 is 31.2. The number of para-hydroxylation sites is 3. The molecule has 0 bridgehead atoms. The summed E-state index contributed by atoms with van der Waals surface area (Å²) >= 11 is 6.83. The van der Waals surface area contributed by atoms with Crippen molar-refractivity contribution in [3.63, 3.8) is 0 Å². The summed E-state index contributed by atoms with van der Waals surface area (Å²) in [5.41, 5.74) is 3.04. The minimum absolute atomic E-state index is 0.00333. The summed E-state index contributed by atoms with van der Waals surface area (Å²) in [6.07, 6.45) is -0.207. The molecule has 10 heteroatoms. The number of sulfone groups is 1. The number of hydrogen-bond donors (Lipinski definition) is 1. The molecule has 5 rings (SSSR count). The Morgan fingerprint density at radius 2 is 1.88 bits per heavy atom. The van der Waals surface area contributed by atoms with Crippen molar-refractivity contribution in [3.05, 3.63) is 70.5 Å². The first-order valence-electron chi connectivity index (χ1n) is 10.6. The fourth-order valence-electron chi connectivity index (χ4n) is 4.59. The Bertz CT molecular complexity index is 1350. The van der Waals surface area contributed by atoms with Crippen molar-refractivity contribution in [2.24, 2.45) is 0 Å². The monoisotopic (exact) mass is 486 g/mol. The molecule has 33 heavy (non-hydrogen) atoms. The molecular formula is C23H23ClN4O4S. The van der Waals surface area contributed by atoms with Gasteiger partial charge in [0.15, 0.2) is 9.84 Å². The number of anilines is 2. The number of halogens is 1. The zero-order chi connectivity index (χ0) is 23.3. The van der Waals surface area contributed by atoms with Crippen molar-refractivity contribution in [3.8, 4) is 5.75 Å². The summed E-state index contributed by atoms with van der Waals surface area (Å²) in [6.45, 7) is 1.81. The van der Waals surface area contributed by atoms with Gasteiger partial charge in [-0.1, -0.05) is 35.9 Å². The van der Waals surface area contributed by atoms with Gasteiger partial charge in [0.2, 0.25) is 0 Å². The SMILES string of the molecule is COc1ccccc1N1C(=O)c2ccccc2N[C@H]1c1c(C)nn([C@@H]2CCS(=O)(=O)C2)c1Cl. The van der Waals surface area contributed by atoms with Crippen molar-refractivity contribution in [1.82, 2.24) is 9.78 Å². The van der Waals surface area contributed by atoms with Gasteiger partial charge in [0.1, 0.15) is 17.1 Å². The molecule has 0 saturated carbocycles. The van der Waals surface area contributed by atoms with Crippen molar-refractivity contribution in [1.29, 1.82) is 0 Å². The van der Waals surface area contributed by atoms with Crippen LogP contribution in [0.3, 0.4) is 0 Å². The molecule has 8 nitrogen and oxygen atoms in total. The molecule has 0 unspecified atom stereocenters. The Balaban J connectivity index is 1.66. The second-order valence-electron chi connectivity index (χ2n) is 8.23. The van der Waals surface area contributed by atoms with Crippen LogP contribution in [0.4, 0.5) is 11.4 Å². The van der Waals surface area contributed by atoms with E-state index in [0.29, 0.717) is 45.5 Å². The van der Waals surface area contributed by atoms with Crippen LogP contribution in [-0.4, -0.2) is 42.7 Å². The number of benzene rings is 2. The third-order valence-corrected chi connectivity index (χ3v) is 8.30. The van der Waals surface area contributed by atoms with E-state index in [2.05, 4.69) is 10.4 Å². The average Bonchev–Trinajstić information content (AvgIpc) is 3.31. The second kappa shape index (κ2) is 8.07. The topological polar surface area (TPSA) is 93.5 Å². The van der Waals surface area contributed by atoms with E-state index < -0.39 is 16.0 Å². The van der Waals surface area contributed by atoms with Gasteiger partial charge in [-0.05, 0) is 37.6 Å². The molecule has 2 aliphatic heterocycles. The van der Waals surface area contributed by atoms with Gasteiger partial charge in [-0.3, -0.25) is 9.69 Å². The largest absolute Gasteiger partial charge is 0.495 e. The molecule has 1 amide bonds. The molecule has 172 valence electrons. The van der Waals surface area contributed by atoms with Gasteiger partial charge in [0, 0.05) is 5.69 Å². The lowest BCUT2D eigenvalue weighted by Gasteiger charge is -2.38. The molecule has 3 heterocycles. The van der Waals surface area contributed by atoms with Crippen LogP contribution in [0, 0.1) is 6.92 Å². The molecule has 2 aromatic carbocycles. The highest BCUT2D eigenvalue weighted by Gasteiger charge is 2.40. The third kappa shape index (κ3) is 3.65. The van der Waals surface area contributed by atoms with Gasteiger partial charge >= 0.3 is 0 Å². The Morgan fingerprint density at radius 1 is 1.15 bits per heavy atom. The van der Waals surface area contributed by atoms with Gasteiger partial charge in [-0.25, -0.2) is 13.1 Å². The quantitative estimate of drug-likeness (QED) is 0.599. The van der Waals surface area contributed by atoms with Crippen LogP contribution in [0.5, 0.6) is 5.75 Å². The first-order chi connectivity index (χ1) is 15.8. The lowest BCUT2D eigenvalue weighted by Crippen LogP contribution is -2.43. The molecule has 1 N–H and O–H groups in total. The summed E-state index contributed by atoms with van der Waals surface area (Å²) in [7, 11) is -1.56. The first kappa shape index (κ1) is 21.8. The van der Waals surface area contributed by atoms with Gasteiger partial charge in [0.25, 0.3) is 5.91 Å². The standard InChI is InChI=1S/C23H23ClN4O4S/c1-14-20(21(24)28(26-14)15-11-12-33(30,31)13-15)22-25-17-8-4-3-7-16(17)23(29)27(22)18-9-5-6-10-19(18)32-2/h3-10,15,22,25H,11-13H2,1-2H3/t15-,22-/m1/s1. The normalized spacial score (nSPS) is 21.5. The Labute approximate surface area is 197 Å². The number of carbonyl (C=O) groups is 1. The number of aromatic nitrogens is 2. The molecule has 2 aliphatic rings. The van der Waals surface area contributed by atoms with E-state index >= 15 is 0 Å². The number of methoxy groups -OCH3 is 1. The molecule has 0 radical (unpaired) electrons. The van der Waals surface area contributed by atoms with E-state index in [1.807, 2.05) is 43.3 Å². The Hall–Kier alpha value is -3.04. The number of hydrogen-bond acceptors (Lipinski definition) is 6. The highest BCUT2D eigenvalue weighted by atomic mass is 35.5. The van der Waals surface area contributed by atoms with Crippen LogP contribution in [0.25, 0.3) is 0 Å². The summed E-state index contributed by atoms with van der Waals surface area (Å²) in [6, 6.07) is 14.2. The Morgan fingerprint density at radius 3 is 2.61 bits per heavy atom. The molecule has 1 fully saturated rings. The number of amides is 1. The average molecular weight is 487 g/mol. The highest BCUT2D eigenvalue weighted by molar-refractivity contribution is 7.91. The zero-order valence-corrected chi connectivity index (χ0v) is 19.7. The highest BCUT2D eigenvalue weighted by Crippen LogP contribution is 2.43. The number of nitrogens with zero attached hydrogens (tertiary/aromatic N) is 3. The molecule has 3 aromatic rings. The smallest absolute Gasteiger partial charge is 0.262 e. The first-order valence-corrected chi connectivity index (χ1v) is 12.8. The molecular weight excluding hydrogens is 464 g/mol. The lowest BCUT2D eigenvalue weighted by atomic mass is 10.0. The van der Waals surface area contributed by atoms with Gasteiger partial charge in [-0.15, -0.1) is 0 Å². The van der Waals surface area contributed by atoms with Crippen LogP contribution in [0.1, 0.15) is 40.2 Å². The lowest BCUT2D eigenvalue weighted by molar-refractivity contribution is 0.0974. The number of fused-ring (bicyclic) bond motifs is 1. The van der Waals surface area contributed by atoms with E-state index in [4.69, 9.17) is 16.3 Å². The summed E-state index contributed by atoms with van der Waals surface area (Å²) in [5.74, 6) is 0.456. The summed E-state index contributed by atoms with van der Waals surface area (Å²) in [4.78, 5) is 15.3. The van der Waals surface area contributed by atoms with E-state index in [1.54, 1.807) is 28.8 Å². The van der Waals surface area contributed by atoms with Crippen LogP contribution in [0.2, 0.25) is 5.15 Å². The van der Waals surface area contributed by atoms with E-state index in [-0.39, 0.29) is 23.5 Å². The van der Waals surface area contributed by atoms with Crippen LogP contribution < -0.4 is 15.0 Å². The van der Waals surface area contributed by atoms with Crippen LogP contribution >= 0.6 is 11.6 Å². The maximum absolute atomic E-state index is 13.7. The predicted octanol–water partition coefficient (Wildman–Crippen LogP) is 3.98. The van der Waals surface area contributed by atoms with Crippen molar-refractivity contribution >= 4 is 38.7 Å². The fourth-order valence-corrected chi connectivity index (χ4v) is 6.69. The van der Waals surface area contributed by atoms with Gasteiger partial charge in [-0.2, -0.15) is 5.10 Å². The maximum Gasteiger partial charge on any atom is 0.262 e. The second-order valence-corrected chi connectivity index (χ2v) is 10.8. The van der Waals surface area contributed by atoms with Crippen molar-refractivity contribution < 1.29 is 17.9 Å². The van der Waals surface area contributed by atoms with Gasteiger partial charge in [0.05, 0.1) is 47.2 Å². The number of rotatable bonds is 4. The summed E-state index contributed by atoms with van der Waals surface area (Å²) in [5, 5.41) is 8.35. The molecule has 1 saturated heterocycles. The van der Waals surface area contributed by atoms with Crippen molar-refractivity contribution in [2.45, 2.75) is 25.6 Å². The zero-order valence-electron chi connectivity index (χ0n) is 18.2. The minimum Gasteiger partial charge on any atom is -0.495 e.